The van der Waals surface area contributed by atoms with E-state index in [1.807, 2.05) is 22.7 Å². The Morgan fingerprint density at radius 3 is 1.00 bits per heavy atom. The van der Waals surface area contributed by atoms with Crippen LogP contribution in [-0.4, -0.2) is 9.13 Å². The van der Waals surface area contributed by atoms with Gasteiger partial charge in [0.2, 0.25) is 0 Å². The minimum Gasteiger partial charge on any atom is -0.309 e. The highest BCUT2D eigenvalue weighted by Gasteiger charge is 2.16. The molecule has 0 unspecified atom stereocenters. The van der Waals surface area contributed by atoms with Crippen LogP contribution in [0.4, 0.5) is 0 Å². The molecule has 12 aromatic rings. The molecule has 60 heavy (non-hydrogen) atoms. The molecule has 282 valence electrons. The summed E-state index contributed by atoms with van der Waals surface area (Å²) in [6, 6.07) is 79.7. The molecular weight excluding hydrogens is 765 g/mol. The minimum absolute atomic E-state index is 1.18. The van der Waals surface area contributed by atoms with E-state index in [4.69, 9.17) is 0 Å². The van der Waals surface area contributed by atoms with Crippen LogP contribution < -0.4 is 0 Å². The van der Waals surface area contributed by atoms with Gasteiger partial charge in [0, 0.05) is 52.4 Å². The molecule has 0 amide bonds. The van der Waals surface area contributed by atoms with Crippen molar-refractivity contribution >= 4 is 66.3 Å². The standard InChI is InChI=1S/C56H36N2S2/c1-3-11-43(12-4-1)57-49-17-9-7-15-45(49)47-29-27-41(35-51(47)57)37-19-23-39(24-20-37)53-31-33-55(59-53)56-34-32-54(60-56)40-25-21-38(22-26-40)42-28-30-48-46-16-8-10-18-50(46)58(52(48)36-42)44-13-5-2-6-14-44/h1-36H. The highest BCUT2D eigenvalue weighted by atomic mass is 32.1. The zero-order valence-electron chi connectivity index (χ0n) is 32.5. The lowest BCUT2D eigenvalue weighted by atomic mass is 10.0. The van der Waals surface area contributed by atoms with Crippen molar-refractivity contribution in [3.8, 4) is 64.3 Å². The topological polar surface area (TPSA) is 9.86 Å². The summed E-state index contributed by atoms with van der Waals surface area (Å²) in [5, 5.41) is 5.09. The molecule has 0 atom stereocenters. The second-order valence-electron chi connectivity index (χ2n) is 15.3. The molecular formula is C56H36N2S2. The molecule has 0 saturated carbocycles. The average molecular weight is 801 g/mol. The molecule has 0 saturated heterocycles. The highest BCUT2D eigenvalue weighted by molar-refractivity contribution is 7.25. The largest absolute Gasteiger partial charge is 0.309 e. The lowest BCUT2D eigenvalue weighted by molar-refractivity contribution is 1.18. The first-order valence-corrected chi connectivity index (χ1v) is 22.0. The van der Waals surface area contributed by atoms with Crippen molar-refractivity contribution in [2.75, 3.05) is 0 Å². The van der Waals surface area contributed by atoms with E-state index >= 15 is 0 Å². The van der Waals surface area contributed by atoms with E-state index < -0.39 is 0 Å². The number of hydrogen-bond acceptors (Lipinski definition) is 2. The summed E-state index contributed by atoms with van der Waals surface area (Å²) >= 11 is 3.72. The predicted molar refractivity (Wildman–Crippen MR) is 258 cm³/mol. The van der Waals surface area contributed by atoms with E-state index in [0.717, 1.165) is 0 Å². The number of benzene rings is 8. The number of hydrogen-bond donors (Lipinski definition) is 0. The Morgan fingerprint density at radius 1 is 0.233 bits per heavy atom. The number of nitrogens with zero attached hydrogens (tertiary/aromatic N) is 2. The maximum Gasteiger partial charge on any atom is 0.0547 e. The lowest BCUT2D eigenvalue weighted by Gasteiger charge is -2.09. The van der Waals surface area contributed by atoms with E-state index in [1.165, 1.54) is 108 Å². The van der Waals surface area contributed by atoms with Crippen LogP contribution in [0.5, 0.6) is 0 Å². The van der Waals surface area contributed by atoms with E-state index in [0.29, 0.717) is 0 Å². The molecule has 0 bridgehead atoms. The molecule has 4 heteroatoms. The molecule has 0 aliphatic heterocycles. The van der Waals surface area contributed by atoms with Crippen molar-refractivity contribution < 1.29 is 0 Å². The van der Waals surface area contributed by atoms with Crippen molar-refractivity contribution in [2.45, 2.75) is 0 Å². The monoisotopic (exact) mass is 800 g/mol. The van der Waals surface area contributed by atoms with Gasteiger partial charge in [-0.25, -0.2) is 0 Å². The Kier molecular flexibility index (Phi) is 8.25. The van der Waals surface area contributed by atoms with Gasteiger partial charge in [-0.15, -0.1) is 22.7 Å². The third-order valence-electron chi connectivity index (χ3n) is 11.8. The van der Waals surface area contributed by atoms with Crippen LogP contribution in [0.1, 0.15) is 0 Å². The van der Waals surface area contributed by atoms with Crippen molar-refractivity contribution in [3.05, 3.63) is 218 Å². The van der Waals surface area contributed by atoms with Crippen LogP contribution in [0.2, 0.25) is 0 Å². The molecule has 0 aliphatic carbocycles. The quantitative estimate of drug-likeness (QED) is 0.152. The van der Waals surface area contributed by atoms with Crippen molar-refractivity contribution in [3.63, 3.8) is 0 Å². The second kappa shape index (κ2) is 14.2. The fraction of sp³-hybridized carbons (Fsp3) is 0. The third kappa shape index (κ3) is 5.84. The summed E-state index contributed by atoms with van der Waals surface area (Å²) in [4.78, 5) is 5.14. The number of thiophene rings is 2. The van der Waals surface area contributed by atoms with Crippen LogP contribution in [-0.2, 0) is 0 Å². The molecule has 0 aliphatic rings. The maximum absolute atomic E-state index is 2.38. The number of para-hydroxylation sites is 4. The average Bonchev–Trinajstić information content (AvgIpc) is 4.13. The smallest absolute Gasteiger partial charge is 0.0547 e. The van der Waals surface area contributed by atoms with Crippen molar-refractivity contribution in [1.82, 2.24) is 9.13 Å². The van der Waals surface area contributed by atoms with Gasteiger partial charge in [0.15, 0.2) is 0 Å². The Morgan fingerprint density at radius 2 is 0.567 bits per heavy atom. The van der Waals surface area contributed by atoms with Crippen LogP contribution >= 0.6 is 22.7 Å². The summed E-state index contributed by atoms with van der Waals surface area (Å²) in [5.74, 6) is 0. The first-order valence-electron chi connectivity index (χ1n) is 20.3. The van der Waals surface area contributed by atoms with Gasteiger partial charge in [-0.2, -0.15) is 0 Å². The zero-order valence-corrected chi connectivity index (χ0v) is 34.1. The number of aromatic nitrogens is 2. The van der Waals surface area contributed by atoms with Crippen LogP contribution in [0.3, 0.4) is 0 Å². The van der Waals surface area contributed by atoms with Gasteiger partial charge in [0.05, 0.1) is 22.1 Å². The first-order chi connectivity index (χ1) is 29.7. The third-order valence-corrected chi connectivity index (χ3v) is 14.3. The molecule has 4 heterocycles. The summed E-state index contributed by atoms with van der Waals surface area (Å²) in [6.45, 7) is 0. The molecule has 4 aromatic heterocycles. The van der Waals surface area contributed by atoms with E-state index in [1.54, 1.807) is 0 Å². The summed E-state index contributed by atoms with van der Waals surface area (Å²) < 4.78 is 4.77. The Labute approximate surface area is 356 Å². The number of rotatable bonds is 7. The maximum atomic E-state index is 2.38. The van der Waals surface area contributed by atoms with Gasteiger partial charge in [0.25, 0.3) is 0 Å². The van der Waals surface area contributed by atoms with Gasteiger partial charge in [-0.1, -0.05) is 146 Å². The Balaban J connectivity index is 0.797. The van der Waals surface area contributed by atoms with Crippen molar-refractivity contribution in [1.29, 1.82) is 0 Å². The highest BCUT2D eigenvalue weighted by Crippen LogP contribution is 2.42. The van der Waals surface area contributed by atoms with E-state index in [-0.39, 0.29) is 0 Å². The Hall–Kier alpha value is -7.24. The van der Waals surface area contributed by atoms with Gasteiger partial charge in [0.1, 0.15) is 0 Å². The Bertz CT molecular complexity index is 3270. The molecule has 0 fully saturated rings. The molecule has 12 rings (SSSR count). The SMILES string of the molecule is c1ccc(-n2c3ccccc3c3ccc(-c4ccc(-c5ccc(-c6ccc(-c7ccc(-c8ccc9c%10ccccc%10n(-c%10ccccc%10)c9c8)cc7)s6)s5)cc4)cc32)cc1. The van der Waals surface area contributed by atoms with Crippen molar-refractivity contribution in [2.24, 2.45) is 0 Å². The fourth-order valence-corrected chi connectivity index (χ4v) is 11.0. The lowest BCUT2D eigenvalue weighted by Crippen LogP contribution is -1.93. The van der Waals surface area contributed by atoms with Gasteiger partial charge < -0.3 is 9.13 Å². The summed E-state index contributed by atoms with van der Waals surface area (Å²) in [6.07, 6.45) is 0. The molecule has 8 aromatic carbocycles. The second-order valence-corrected chi connectivity index (χ2v) is 17.5. The number of fused-ring (bicyclic) bond motifs is 6. The summed E-state index contributed by atoms with van der Waals surface area (Å²) in [5.41, 5.74) is 14.6. The minimum atomic E-state index is 1.18. The van der Waals surface area contributed by atoms with Crippen LogP contribution in [0.15, 0.2) is 218 Å². The van der Waals surface area contributed by atoms with E-state index in [2.05, 4.69) is 228 Å². The van der Waals surface area contributed by atoms with Gasteiger partial charge in [-0.05, 0) is 106 Å². The first kappa shape index (κ1) is 34.8. The summed E-state index contributed by atoms with van der Waals surface area (Å²) in [7, 11) is 0. The normalized spacial score (nSPS) is 11.7. The van der Waals surface area contributed by atoms with Gasteiger partial charge in [-0.3, -0.25) is 0 Å². The van der Waals surface area contributed by atoms with Crippen LogP contribution in [0, 0.1) is 0 Å². The molecule has 0 N–H and O–H groups in total. The molecule has 0 spiro atoms. The fourth-order valence-electron chi connectivity index (χ4n) is 8.92. The van der Waals surface area contributed by atoms with Gasteiger partial charge >= 0.3 is 0 Å². The molecule has 2 nitrogen and oxygen atoms in total. The van der Waals surface area contributed by atoms with E-state index in [9.17, 15) is 0 Å². The van der Waals surface area contributed by atoms with Crippen LogP contribution in [0.25, 0.3) is 108 Å². The zero-order chi connectivity index (χ0) is 39.6. The predicted octanol–water partition coefficient (Wildman–Crippen LogP) is 16.3. The molecule has 0 radical (unpaired) electrons.